The van der Waals surface area contributed by atoms with E-state index in [-0.39, 0.29) is 73.5 Å². The van der Waals surface area contributed by atoms with E-state index in [2.05, 4.69) is 152 Å². The number of aryl methyl sites for hydroxylation is 1. The highest BCUT2D eigenvalue weighted by Crippen LogP contribution is 2.56. The summed E-state index contributed by atoms with van der Waals surface area (Å²) in [5.41, 5.74) is 8.94. The first-order valence-electron chi connectivity index (χ1n) is 43.9. The summed E-state index contributed by atoms with van der Waals surface area (Å²) in [6.45, 7) is 0.350. The number of ether oxygens (including phenoxy) is 1. The van der Waals surface area contributed by atoms with Crippen LogP contribution in [-0.4, -0.2) is 178 Å². The van der Waals surface area contributed by atoms with Crippen molar-refractivity contribution in [3.05, 3.63) is 355 Å². The Morgan fingerprint density at radius 2 is 0.576 bits per heavy atom. The maximum atomic E-state index is 13.2. The molecule has 18 rings (SSSR count). The number of alkyl halides is 3. The molecule has 684 valence electrons. The number of carbonyl (C=O) groups excluding carboxylic acids is 6. The monoisotopic (exact) mass is 1830 g/mol. The summed E-state index contributed by atoms with van der Waals surface area (Å²) >= 11 is 12.3. The third-order valence-electron chi connectivity index (χ3n) is 25.6. The van der Waals surface area contributed by atoms with Gasteiger partial charge in [0.2, 0.25) is 0 Å². The molecule has 0 spiro atoms. The average molecular weight is 1830 g/mol. The standard InChI is InChI=1S/C18H20N2O3.C18H20N2O2.C17H15F3N2O2.C17H18N2O2.2C16H15ClN2O2/c21-13-16(22)14-11-19-17(20-12-14)10-18(6-8-23-9-7-18)15-4-2-1-3-5-15;21-13-16(22)14-11-19-17(20-12-14)10-18(8-4-5-9-18)15-6-2-1-3-7-15;18-17(19,20)13-4-2-1-3-12(13)16(5-6-16)7-15-21-8-11(9-22-15)14(24)10-23;1-12-2-4-14(5-3-12)17(6-7-17)8-16-18-9-13(10-19-16)15(21)11-20;17-13-3-1-2-12(6-13)16(4-5-16)7-15-18-8-11(9-19-15)14(21)10-20;17-13-4-2-1-3-12(13)16(5-6-16)7-15-18-8-11(9-19-15)14(21)10-20/h1-5,11-12,21H,6-10,13H2;1-3,6-7,11-12,21H,4-5,8-10,13H2;1-4,8-9,23H,5-7,10H2;2-5,9-10,20H,6-8,11H2,1H3;1-3,6,8-9,20H,4-5,7,10H2;1-4,8-9,20H,5-7,10H2. The molecule has 5 saturated carbocycles. The fourth-order valence-corrected chi connectivity index (χ4v) is 17.6. The number of ketones is 6. The van der Waals surface area contributed by atoms with Gasteiger partial charge in [-0.15, -0.1) is 0 Å². The second-order valence-corrected chi connectivity index (χ2v) is 35.4. The molecule has 25 nitrogen and oxygen atoms in total. The number of hydrogen-bond acceptors (Lipinski definition) is 25. The Bertz CT molecular complexity index is 5890. The van der Waals surface area contributed by atoms with Crippen molar-refractivity contribution < 1.29 is 77.3 Å². The van der Waals surface area contributed by atoms with E-state index in [1.165, 1.54) is 127 Å². The zero-order valence-electron chi connectivity index (χ0n) is 73.0. The third kappa shape index (κ3) is 25.2. The molecule has 1 saturated heterocycles. The second kappa shape index (κ2) is 44.4. The van der Waals surface area contributed by atoms with Crippen molar-refractivity contribution in [1.29, 1.82) is 0 Å². The second-order valence-electron chi connectivity index (χ2n) is 34.5. The molecule has 6 aromatic carbocycles. The number of halogens is 5. The van der Waals surface area contributed by atoms with Crippen molar-refractivity contribution in [3.63, 3.8) is 0 Å². The van der Waals surface area contributed by atoms with Crippen LogP contribution in [0.15, 0.2) is 232 Å². The van der Waals surface area contributed by atoms with Crippen molar-refractivity contribution in [2.24, 2.45) is 0 Å². The minimum Gasteiger partial charge on any atom is -0.388 e. The molecule has 6 aliphatic rings. The minimum atomic E-state index is -4.40. The highest BCUT2D eigenvalue weighted by Gasteiger charge is 2.51. The first-order valence-corrected chi connectivity index (χ1v) is 44.6. The maximum Gasteiger partial charge on any atom is 0.416 e. The molecule has 0 amide bonds. The molecule has 5 aliphatic carbocycles. The molecular formula is C102H103Cl2F3N12O13. The summed E-state index contributed by atoms with van der Waals surface area (Å²) in [7, 11) is 0. The Kier molecular flexibility index (Phi) is 32.8. The number of rotatable bonds is 30. The Balaban J connectivity index is 0.000000135. The molecule has 30 heteroatoms. The van der Waals surface area contributed by atoms with Crippen LogP contribution in [0.3, 0.4) is 0 Å². The van der Waals surface area contributed by atoms with Crippen molar-refractivity contribution in [3.8, 4) is 0 Å². The predicted molar refractivity (Wildman–Crippen MR) is 487 cm³/mol. The molecule has 12 aromatic rings. The molecule has 0 atom stereocenters. The Morgan fingerprint density at radius 3 is 0.886 bits per heavy atom. The summed E-state index contributed by atoms with van der Waals surface area (Å²) in [6, 6.07) is 51.0. The predicted octanol–water partition coefficient (Wildman–Crippen LogP) is 15.0. The normalized spacial score (nSPS) is 16.1. The smallest absolute Gasteiger partial charge is 0.388 e. The molecule has 6 aromatic heterocycles. The van der Waals surface area contributed by atoms with Gasteiger partial charge in [0.1, 0.15) is 74.6 Å². The topological polar surface area (TPSA) is 388 Å². The van der Waals surface area contributed by atoms with E-state index in [1.54, 1.807) is 6.07 Å². The number of Topliss-reactive ketones (excluding diaryl/α,β-unsaturated/α-hetero) is 6. The number of aliphatic hydroxyl groups excluding tert-OH is 6. The third-order valence-corrected chi connectivity index (χ3v) is 26.1. The number of nitrogens with zero attached hydrogens (tertiary/aromatic N) is 12. The van der Waals surface area contributed by atoms with E-state index in [1.807, 2.05) is 48.5 Å². The summed E-state index contributed by atoms with van der Waals surface area (Å²) < 4.78 is 45.2. The van der Waals surface area contributed by atoms with E-state index in [0.29, 0.717) is 76.8 Å². The molecule has 6 fully saturated rings. The van der Waals surface area contributed by atoms with Gasteiger partial charge in [-0.05, 0) is 142 Å². The summed E-state index contributed by atoms with van der Waals surface area (Å²) in [4.78, 5) is 119. The van der Waals surface area contributed by atoms with E-state index < -0.39 is 62.6 Å². The Morgan fingerprint density at radius 1 is 0.311 bits per heavy atom. The molecule has 1 aliphatic heterocycles. The Hall–Kier alpha value is -12.1. The van der Waals surface area contributed by atoms with Gasteiger partial charge in [0.15, 0.2) is 34.7 Å². The lowest BCUT2D eigenvalue weighted by molar-refractivity contribution is -0.138. The van der Waals surface area contributed by atoms with E-state index >= 15 is 0 Å². The van der Waals surface area contributed by atoms with Gasteiger partial charge in [0.25, 0.3) is 0 Å². The molecule has 0 radical (unpaired) electrons. The first kappa shape index (κ1) is 97.4. The largest absolute Gasteiger partial charge is 0.416 e. The van der Waals surface area contributed by atoms with Crippen LogP contribution < -0.4 is 0 Å². The fourth-order valence-electron chi connectivity index (χ4n) is 17.1. The highest BCUT2D eigenvalue weighted by atomic mass is 35.5. The number of carbonyl (C=O) groups is 6. The maximum absolute atomic E-state index is 13.2. The molecule has 0 bridgehead atoms. The van der Waals surface area contributed by atoms with Crippen LogP contribution in [0.25, 0.3) is 0 Å². The van der Waals surface area contributed by atoms with Gasteiger partial charge in [0, 0.05) is 169 Å². The molecule has 132 heavy (non-hydrogen) atoms. The van der Waals surface area contributed by atoms with Crippen LogP contribution >= 0.6 is 23.2 Å². The van der Waals surface area contributed by atoms with Crippen molar-refractivity contribution in [1.82, 2.24) is 59.8 Å². The van der Waals surface area contributed by atoms with Crippen molar-refractivity contribution in [2.45, 2.75) is 174 Å². The SMILES string of the molecule is Cc1ccc(C2(Cc3ncc(C(=O)CO)cn3)CC2)cc1.O=C(CO)c1cnc(CC2(c3cccc(Cl)c3)CC2)nc1.O=C(CO)c1cnc(CC2(c3ccccc3)CCCC2)nc1.O=C(CO)c1cnc(CC2(c3ccccc3)CCOCC2)nc1.O=C(CO)c1cnc(CC2(c3ccccc3C(F)(F)F)CC2)nc1.O=C(CO)c1cnc(CC2(c3ccccc3Cl)CC2)nc1. The Labute approximate surface area is 772 Å². The average Bonchev–Trinajstić information content (AvgIpc) is 1.58. The lowest BCUT2D eigenvalue weighted by Gasteiger charge is -2.37. The highest BCUT2D eigenvalue weighted by molar-refractivity contribution is 6.31. The fraction of sp³-hybridized carbons (Fsp3) is 0.353. The minimum absolute atomic E-state index is 0.0258. The van der Waals surface area contributed by atoms with Gasteiger partial charge >= 0.3 is 6.18 Å². The van der Waals surface area contributed by atoms with Gasteiger partial charge in [0.05, 0.1) is 38.9 Å². The zero-order valence-corrected chi connectivity index (χ0v) is 74.5. The van der Waals surface area contributed by atoms with Crippen molar-refractivity contribution in [2.75, 3.05) is 52.9 Å². The number of aliphatic hydroxyl groups is 6. The van der Waals surface area contributed by atoms with Gasteiger partial charge in [-0.1, -0.05) is 175 Å². The van der Waals surface area contributed by atoms with Crippen LogP contribution in [0.2, 0.25) is 10.0 Å². The van der Waals surface area contributed by atoms with Gasteiger partial charge in [-0.3, -0.25) is 28.8 Å². The zero-order chi connectivity index (χ0) is 93.5. The van der Waals surface area contributed by atoms with Gasteiger partial charge < -0.3 is 35.4 Å². The lowest BCUT2D eigenvalue weighted by atomic mass is 9.71. The molecule has 0 unspecified atom stereocenters. The quantitative estimate of drug-likeness (QED) is 0.0228. The van der Waals surface area contributed by atoms with E-state index in [0.717, 1.165) is 130 Å². The summed E-state index contributed by atoms with van der Waals surface area (Å²) in [6.07, 6.45) is 31.7. The van der Waals surface area contributed by atoms with Gasteiger partial charge in [-0.25, -0.2) is 59.8 Å². The first-order chi connectivity index (χ1) is 63.7. The molecular weight excluding hydrogens is 1730 g/mol. The van der Waals surface area contributed by atoms with E-state index in [9.17, 15) is 41.9 Å². The number of aromatic nitrogens is 12. The summed E-state index contributed by atoms with van der Waals surface area (Å²) in [5, 5.41) is 54.5. The van der Waals surface area contributed by atoms with Crippen LogP contribution in [0.5, 0.6) is 0 Å². The number of benzene rings is 6. The van der Waals surface area contributed by atoms with Crippen LogP contribution in [0.4, 0.5) is 13.2 Å². The van der Waals surface area contributed by atoms with E-state index in [4.69, 9.17) is 58.6 Å². The number of hydrogen-bond donors (Lipinski definition) is 6. The van der Waals surface area contributed by atoms with Crippen LogP contribution in [-0.2, 0) is 81.9 Å². The summed E-state index contributed by atoms with van der Waals surface area (Å²) in [5.74, 6) is 1.75. The van der Waals surface area contributed by atoms with Crippen LogP contribution in [0, 0.1) is 6.92 Å². The van der Waals surface area contributed by atoms with Crippen molar-refractivity contribution >= 4 is 57.9 Å². The molecule has 6 N–H and O–H groups in total. The molecule has 7 heterocycles. The van der Waals surface area contributed by atoms with Gasteiger partial charge in [-0.2, -0.15) is 13.2 Å². The van der Waals surface area contributed by atoms with Crippen LogP contribution in [0.1, 0.15) is 231 Å². The lowest BCUT2D eigenvalue weighted by Crippen LogP contribution is -2.36.